The van der Waals surface area contributed by atoms with Crippen molar-refractivity contribution in [3.05, 3.63) is 65.5 Å². The minimum absolute atomic E-state index is 0.00149. The molecule has 4 atom stereocenters. The van der Waals surface area contributed by atoms with E-state index in [-0.39, 0.29) is 50.6 Å². The van der Waals surface area contributed by atoms with Gasteiger partial charge in [-0.25, -0.2) is 8.78 Å². The van der Waals surface area contributed by atoms with Crippen LogP contribution < -0.4 is 5.32 Å². The van der Waals surface area contributed by atoms with Gasteiger partial charge in [0.25, 0.3) is 5.91 Å². The fourth-order valence-electron chi connectivity index (χ4n) is 4.43. The fraction of sp³-hybridized carbons (Fsp3) is 0.458. The van der Waals surface area contributed by atoms with E-state index in [9.17, 15) is 23.5 Å². The van der Waals surface area contributed by atoms with Crippen molar-refractivity contribution in [1.82, 2.24) is 15.2 Å². The number of carbonyl (C=O) groups is 2. The van der Waals surface area contributed by atoms with E-state index in [1.54, 1.807) is 29.4 Å². The van der Waals surface area contributed by atoms with Crippen LogP contribution in [0.3, 0.4) is 0 Å². The number of ether oxygens (including phenoxy) is 2. The first kappa shape index (κ1) is 24.2. The summed E-state index contributed by atoms with van der Waals surface area (Å²) in [5, 5.41) is 12.9. The zero-order valence-electron chi connectivity index (χ0n) is 18.5. The Morgan fingerprint density at radius 1 is 1.12 bits per heavy atom. The summed E-state index contributed by atoms with van der Waals surface area (Å²) in [6.07, 6.45) is 2.59. The van der Waals surface area contributed by atoms with Gasteiger partial charge in [0.2, 0.25) is 5.91 Å². The summed E-state index contributed by atoms with van der Waals surface area (Å²) in [7, 11) is 0. The summed E-state index contributed by atoms with van der Waals surface area (Å²) in [5.74, 6) is -1.93. The van der Waals surface area contributed by atoms with Crippen LogP contribution in [-0.2, 0) is 20.8 Å². The number of benzene rings is 1. The highest BCUT2D eigenvalue weighted by Crippen LogP contribution is 2.28. The molecule has 4 rings (SSSR count). The lowest BCUT2D eigenvalue weighted by Gasteiger charge is -2.44. The van der Waals surface area contributed by atoms with Crippen molar-refractivity contribution in [3.8, 4) is 0 Å². The van der Waals surface area contributed by atoms with Gasteiger partial charge < -0.3 is 24.8 Å². The number of nitrogens with zero attached hydrogens (tertiary/aromatic N) is 2. The van der Waals surface area contributed by atoms with Crippen LogP contribution in [0.15, 0.2) is 42.7 Å². The summed E-state index contributed by atoms with van der Waals surface area (Å²) in [6.45, 7) is 0.368. The van der Waals surface area contributed by atoms with E-state index in [2.05, 4.69) is 10.3 Å². The fourth-order valence-corrected chi connectivity index (χ4v) is 4.43. The predicted molar refractivity (Wildman–Crippen MR) is 117 cm³/mol. The third-order valence-corrected chi connectivity index (χ3v) is 5.99. The summed E-state index contributed by atoms with van der Waals surface area (Å²) in [4.78, 5) is 31.2. The zero-order valence-corrected chi connectivity index (χ0v) is 18.5. The van der Waals surface area contributed by atoms with Gasteiger partial charge in [-0.15, -0.1) is 0 Å². The van der Waals surface area contributed by atoms with Crippen molar-refractivity contribution < 1.29 is 33.0 Å². The van der Waals surface area contributed by atoms with Crippen molar-refractivity contribution >= 4 is 11.8 Å². The largest absolute Gasteiger partial charge is 0.389 e. The highest BCUT2D eigenvalue weighted by molar-refractivity contribution is 5.94. The first-order valence-corrected chi connectivity index (χ1v) is 11.2. The minimum atomic E-state index is -0.817. The molecule has 2 aromatic rings. The molecule has 0 bridgehead atoms. The molecule has 0 saturated carbocycles. The van der Waals surface area contributed by atoms with Gasteiger partial charge in [-0.1, -0.05) is 0 Å². The average Bonchev–Trinajstić information content (AvgIpc) is 2.80. The van der Waals surface area contributed by atoms with Crippen molar-refractivity contribution in [2.45, 2.75) is 50.2 Å². The molecular weight excluding hydrogens is 448 g/mol. The average molecular weight is 475 g/mol. The van der Waals surface area contributed by atoms with Gasteiger partial charge in [0.1, 0.15) is 17.7 Å². The number of hydrogen-bond acceptors (Lipinski definition) is 6. The molecular formula is C24H27F2N3O5. The van der Waals surface area contributed by atoms with Crippen LogP contribution in [0, 0.1) is 11.6 Å². The van der Waals surface area contributed by atoms with Crippen LogP contribution in [0.1, 0.15) is 35.2 Å². The maximum absolute atomic E-state index is 13.3. The molecule has 1 aromatic carbocycles. The number of halogens is 2. The van der Waals surface area contributed by atoms with Crippen molar-refractivity contribution in [3.63, 3.8) is 0 Å². The number of hydrogen-bond donors (Lipinski definition) is 2. The Bertz CT molecular complexity index is 989. The molecule has 2 aliphatic rings. The summed E-state index contributed by atoms with van der Waals surface area (Å²) in [6, 6.07) is 6.04. The standard InChI is InChI=1S/C24H27F2N3O5/c25-17-7-15(8-18(26)9-17)11-28-23(31)10-20-1-2-21-22(34-20)14-33-13-19(30)12-29(21)24(32)16-3-5-27-6-4-16/h3-9,19-22,30H,1-2,10-14H2,(H,28,31)/t19-,20+,21-,22+/m0/s1. The third kappa shape index (κ3) is 6.13. The summed E-state index contributed by atoms with van der Waals surface area (Å²) in [5.41, 5.74) is 0.797. The summed E-state index contributed by atoms with van der Waals surface area (Å²) >= 11 is 0. The van der Waals surface area contributed by atoms with E-state index in [1.807, 2.05) is 0 Å². The Kier molecular flexibility index (Phi) is 7.81. The lowest BCUT2D eigenvalue weighted by atomic mass is 9.94. The predicted octanol–water partition coefficient (Wildman–Crippen LogP) is 1.82. The van der Waals surface area contributed by atoms with Gasteiger partial charge in [0, 0.05) is 37.1 Å². The van der Waals surface area contributed by atoms with Gasteiger partial charge in [-0.2, -0.15) is 0 Å². The van der Waals surface area contributed by atoms with E-state index in [0.29, 0.717) is 24.0 Å². The number of aliphatic hydroxyl groups excluding tert-OH is 1. The lowest BCUT2D eigenvalue weighted by Crippen LogP contribution is -2.57. The number of β-amino-alcohol motifs (C(OH)–C–C–N with tert-alkyl or cyclic N) is 1. The van der Waals surface area contributed by atoms with Gasteiger partial charge in [-0.3, -0.25) is 14.6 Å². The van der Waals surface area contributed by atoms with Crippen molar-refractivity contribution in [1.29, 1.82) is 0 Å². The Morgan fingerprint density at radius 2 is 1.85 bits per heavy atom. The molecule has 3 heterocycles. The van der Waals surface area contributed by atoms with Crippen LogP contribution in [-0.4, -0.2) is 70.9 Å². The number of rotatable bonds is 5. The van der Waals surface area contributed by atoms with Crippen molar-refractivity contribution in [2.75, 3.05) is 19.8 Å². The number of aromatic nitrogens is 1. The van der Waals surface area contributed by atoms with Crippen LogP contribution in [0.2, 0.25) is 0 Å². The second-order valence-electron chi connectivity index (χ2n) is 8.58. The Hall–Kier alpha value is -2.95. The molecule has 182 valence electrons. The molecule has 2 aliphatic heterocycles. The molecule has 2 saturated heterocycles. The van der Waals surface area contributed by atoms with Crippen LogP contribution in [0.4, 0.5) is 8.78 Å². The number of nitrogens with one attached hydrogen (secondary N) is 1. The number of carbonyl (C=O) groups excluding carboxylic acids is 2. The minimum Gasteiger partial charge on any atom is -0.389 e. The molecule has 2 amide bonds. The molecule has 2 N–H and O–H groups in total. The molecule has 10 heteroatoms. The number of pyridine rings is 1. The number of fused-ring (bicyclic) bond motifs is 1. The van der Waals surface area contributed by atoms with Gasteiger partial charge >= 0.3 is 0 Å². The summed E-state index contributed by atoms with van der Waals surface area (Å²) < 4.78 is 38.4. The SMILES string of the molecule is O=C(C[C@H]1CC[C@H]2[C@@H](COC[C@@H](O)CN2C(=O)c2ccncc2)O1)NCc1cc(F)cc(F)c1. The maximum Gasteiger partial charge on any atom is 0.254 e. The first-order valence-electron chi connectivity index (χ1n) is 11.2. The molecule has 0 aliphatic carbocycles. The van der Waals surface area contributed by atoms with E-state index in [0.717, 1.165) is 6.07 Å². The number of amides is 2. The lowest BCUT2D eigenvalue weighted by molar-refractivity contribution is -0.151. The highest BCUT2D eigenvalue weighted by atomic mass is 19.1. The Morgan fingerprint density at radius 3 is 2.59 bits per heavy atom. The van der Waals surface area contributed by atoms with Gasteiger partial charge in [0.05, 0.1) is 37.9 Å². The monoisotopic (exact) mass is 475 g/mol. The van der Waals surface area contributed by atoms with E-state index >= 15 is 0 Å². The Balaban J connectivity index is 1.37. The topological polar surface area (TPSA) is 101 Å². The molecule has 0 unspecified atom stereocenters. The van der Waals surface area contributed by atoms with E-state index < -0.39 is 29.9 Å². The molecule has 2 fully saturated rings. The molecule has 8 nitrogen and oxygen atoms in total. The smallest absolute Gasteiger partial charge is 0.254 e. The second-order valence-corrected chi connectivity index (χ2v) is 8.58. The molecule has 0 spiro atoms. The van der Waals surface area contributed by atoms with Crippen LogP contribution in [0.25, 0.3) is 0 Å². The van der Waals surface area contributed by atoms with Crippen LogP contribution in [0.5, 0.6) is 0 Å². The molecule has 1 aromatic heterocycles. The van der Waals surface area contributed by atoms with Gasteiger partial charge in [0.15, 0.2) is 0 Å². The Labute approximate surface area is 195 Å². The molecule has 0 radical (unpaired) electrons. The number of aliphatic hydroxyl groups is 1. The third-order valence-electron chi connectivity index (χ3n) is 5.99. The highest BCUT2D eigenvalue weighted by Gasteiger charge is 2.40. The normalized spacial score (nSPS) is 25.1. The first-order chi connectivity index (χ1) is 16.4. The van der Waals surface area contributed by atoms with E-state index in [1.165, 1.54) is 12.1 Å². The maximum atomic E-state index is 13.3. The molecule has 34 heavy (non-hydrogen) atoms. The van der Waals surface area contributed by atoms with Gasteiger partial charge in [-0.05, 0) is 42.7 Å². The van der Waals surface area contributed by atoms with Crippen molar-refractivity contribution in [2.24, 2.45) is 0 Å². The van der Waals surface area contributed by atoms with E-state index in [4.69, 9.17) is 9.47 Å². The van der Waals surface area contributed by atoms with Crippen LogP contribution >= 0.6 is 0 Å². The quantitative estimate of drug-likeness (QED) is 0.684. The zero-order chi connectivity index (χ0) is 24.1. The second kappa shape index (κ2) is 11.0.